The molecule has 0 atom stereocenters. The molecule has 3 aromatic rings. The third-order valence-corrected chi connectivity index (χ3v) is 3.79. The lowest BCUT2D eigenvalue weighted by molar-refractivity contribution is -0.114. The Balaban J connectivity index is 1.67. The number of hydrogen-bond acceptors (Lipinski definition) is 6. The summed E-state index contributed by atoms with van der Waals surface area (Å²) < 4.78 is 5.51. The largest absolute Gasteiger partial charge is 0.492 e. The van der Waals surface area contributed by atoms with Crippen LogP contribution >= 0.6 is 0 Å². The van der Waals surface area contributed by atoms with Gasteiger partial charge in [-0.05, 0) is 37.3 Å². The highest BCUT2D eigenvalue weighted by molar-refractivity contribution is 6.04. The van der Waals surface area contributed by atoms with Crippen molar-refractivity contribution in [2.75, 3.05) is 22.6 Å². The van der Waals surface area contributed by atoms with E-state index >= 15 is 0 Å². The highest BCUT2D eigenvalue weighted by Crippen LogP contribution is 2.24. The van der Waals surface area contributed by atoms with Crippen molar-refractivity contribution in [1.29, 1.82) is 0 Å². The van der Waals surface area contributed by atoms with Gasteiger partial charge in [-0.15, -0.1) is 0 Å². The number of nitrogens with one attached hydrogen (secondary N) is 3. The van der Waals surface area contributed by atoms with Crippen molar-refractivity contribution in [3.63, 3.8) is 0 Å². The summed E-state index contributed by atoms with van der Waals surface area (Å²) in [6.07, 6.45) is 2.87. The average Bonchev–Trinajstić information content (AvgIpc) is 2.70. The fraction of sp³-hybridized carbons (Fsp3) is 0.143. The maximum atomic E-state index is 12.5. The van der Waals surface area contributed by atoms with Crippen LogP contribution in [0.4, 0.5) is 23.0 Å². The molecule has 0 saturated carbocycles. The number of carbonyl (C=O) groups is 2. The molecule has 8 heteroatoms. The predicted molar refractivity (Wildman–Crippen MR) is 112 cm³/mol. The van der Waals surface area contributed by atoms with Crippen LogP contribution in [-0.2, 0) is 4.79 Å². The standard InChI is InChI=1S/C21H21N5O3/c1-3-29-19-10-5-4-9-18(19)26-20(28)15-12-22-21(23-13-15)25-17-8-6-7-16(11-17)24-14(2)27/h4-13H,3H2,1-2H3,(H,24,27)(H,26,28)(H,22,23,25). The average molecular weight is 391 g/mol. The molecule has 0 aliphatic carbocycles. The SMILES string of the molecule is CCOc1ccccc1NC(=O)c1cnc(Nc2cccc(NC(C)=O)c2)nc1. The van der Waals surface area contributed by atoms with Gasteiger partial charge >= 0.3 is 0 Å². The topological polar surface area (TPSA) is 105 Å². The number of ether oxygens (including phenoxy) is 1. The van der Waals surface area contributed by atoms with Gasteiger partial charge in [0.25, 0.3) is 5.91 Å². The van der Waals surface area contributed by atoms with Crippen LogP contribution < -0.4 is 20.7 Å². The molecule has 0 aliphatic heterocycles. The zero-order chi connectivity index (χ0) is 20.6. The molecule has 148 valence electrons. The molecule has 1 heterocycles. The van der Waals surface area contributed by atoms with E-state index in [1.54, 1.807) is 30.3 Å². The maximum Gasteiger partial charge on any atom is 0.258 e. The minimum absolute atomic E-state index is 0.153. The number of amides is 2. The molecule has 8 nitrogen and oxygen atoms in total. The second-order valence-corrected chi connectivity index (χ2v) is 6.07. The van der Waals surface area contributed by atoms with Crippen molar-refractivity contribution in [2.24, 2.45) is 0 Å². The van der Waals surface area contributed by atoms with Gasteiger partial charge in [0.1, 0.15) is 5.75 Å². The molecule has 2 aromatic carbocycles. The van der Waals surface area contributed by atoms with Crippen molar-refractivity contribution in [1.82, 2.24) is 9.97 Å². The summed E-state index contributed by atoms with van der Waals surface area (Å²) in [6, 6.07) is 14.4. The Morgan fingerprint density at radius 3 is 2.41 bits per heavy atom. The fourth-order valence-electron chi connectivity index (χ4n) is 2.56. The first-order chi connectivity index (χ1) is 14.0. The van der Waals surface area contributed by atoms with E-state index in [0.29, 0.717) is 40.9 Å². The zero-order valence-electron chi connectivity index (χ0n) is 16.1. The van der Waals surface area contributed by atoms with Gasteiger partial charge in [-0.1, -0.05) is 18.2 Å². The molecular weight excluding hydrogens is 370 g/mol. The van der Waals surface area contributed by atoms with Crippen LogP contribution in [0.2, 0.25) is 0 Å². The molecule has 3 rings (SSSR count). The van der Waals surface area contributed by atoms with E-state index in [2.05, 4.69) is 25.9 Å². The third-order valence-electron chi connectivity index (χ3n) is 3.79. The first-order valence-corrected chi connectivity index (χ1v) is 9.05. The molecule has 0 unspecified atom stereocenters. The normalized spacial score (nSPS) is 10.1. The van der Waals surface area contributed by atoms with Gasteiger partial charge in [-0.25, -0.2) is 9.97 Å². The lowest BCUT2D eigenvalue weighted by Gasteiger charge is -2.11. The summed E-state index contributed by atoms with van der Waals surface area (Å²) in [4.78, 5) is 32.0. The first-order valence-electron chi connectivity index (χ1n) is 9.05. The van der Waals surface area contributed by atoms with Gasteiger partial charge in [-0.3, -0.25) is 9.59 Å². The molecule has 0 saturated heterocycles. The second kappa shape index (κ2) is 9.32. The van der Waals surface area contributed by atoms with Crippen molar-refractivity contribution >= 4 is 34.8 Å². The Morgan fingerprint density at radius 2 is 1.69 bits per heavy atom. The Kier molecular flexibility index (Phi) is 6.36. The molecule has 0 spiro atoms. The van der Waals surface area contributed by atoms with Gasteiger partial charge in [0.2, 0.25) is 11.9 Å². The van der Waals surface area contributed by atoms with E-state index in [9.17, 15) is 9.59 Å². The molecule has 0 fully saturated rings. The van der Waals surface area contributed by atoms with Gasteiger partial charge in [0.15, 0.2) is 0 Å². The fourth-order valence-corrected chi connectivity index (χ4v) is 2.56. The van der Waals surface area contributed by atoms with Crippen LogP contribution in [0.25, 0.3) is 0 Å². The summed E-state index contributed by atoms with van der Waals surface area (Å²) in [5, 5.41) is 8.54. The van der Waals surface area contributed by atoms with E-state index in [0.717, 1.165) is 0 Å². The molecule has 3 N–H and O–H groups in total. The first kappa shape index (κ1) is 19.8. The molecule has 0 bridgehead atoms. The van der Waals surface area contributed by atoms with E-state index in [-0.39, 0.29) is 11.8 Å². The number of anilines is 4. The number of carbonyl (C=O) groups excluding carboxylic acids is 2. The maximum absolute atomic E-state index is 12.5. The molecule has 0 aliphatic rings. The van der Waals surface area contributed by atoms with Crippen LogP contribution in [-0.4, -0.2) is 28.4 Å². The zero-order valence-corrected chi connectivity index (χ0v) is 16.1. The highest BCUT2D eigenvalue weighted by Gasteiger charge is 2.11. The summed E-state index contributed by atoms with van der Waals surface area (Å²) in [7, 11) is 0. The minimum atomic E-state index is -0.337. The number of benzene rings is 2. The van der Waals surface area contributed by atoms with Crippen LogP contribution in [0.5, 0.6) is 5.75 Å². The smallest absolute Gasteiger partial charge is 0.258 e. The van der Waals surface area contributed by atoms with E-state index in [1.807, 2.05) is 25.1 Å². The summed E-state index contributed by atoms with van der Waals surface area (Å²) >= 11 is 0. The van der Waals surface area contributed by atoms with Gasteiger partial charge in [0, 0.05) is 30.7 Å². The number of para-hydroxylation sites is 2. The Hall–Kier alpha value is -3.94. The van der Waals surface area contributed by atoms with Crippen LogP contribution in [0.1, 0.15) is 24.2 Å². The van der Waals surface area contributed by atoms with Gasteiger partial charge < -0.3 is 20.7 Å². The van der Waals surface area contributed by atoms with Crippen LogP contribution in [0.3, 0.4) is 0 Å². The van der Waals surface area contributed by atoms with Crippen LogP contribution in [0.15, 0.2) is 60.9 Å². The molecule has 2 amide bonds. The van der Waals surface area contributed by atoms with Crippen molar-refractivity contribution in [3.05, 3.63) is 66.5 Å². The van der Waals surface area contributed by atoms with E-state index in [1.165, 1.54) is 19.3 Å². The van der Waals surface area contributed by atoms with E-state index < -0.39 is 0 Å². The Bertz CT molecular complexity index is 1010. The van der Waals surface area contributed by atoms with E-state index in [4.69, 9.17) is 4.74 Å². The summed E-state index contributed by atoms with van der Waals surface area (Å²) in [6.45, 7) is 3.82. The number of nitrogens with zero attached hydrogens (tertiary/aromatic N) is 2. The monoisotopic (exact) mass is 391 g/mol. The van der Waals surface area contributed by atoms with Gasteiger partial charge in [0.05, 0.1) is 17.9 Å². The number of hydrogen-bond donors (Lipinski definition) is 3. The van der Waals surface area contributed by atoms with Crippen molar-refractivity contribution in [2.45, 2.75) is 13.8 Å². The Labute approximate surface area is 168 Å². The third kappa shape index (κ3) is 5.52. The molecule has 29 heavy (non-hydrogen) atoms. The quantitative estimate of drug-likeness (QED) is 0.565. The summed E-state index contributed by atoms with van der Waals surface area (Å²) in [5.74, 6) is 0.439. The predicted octanol–water partition coefficient (Wildman–Crippen LogP) is 3.83. The molecular formula is C21H21N5O3. The Morgan fingerprint density at radius 1 is 0.966 bits per heavy atom. The minimum Gasteiger partial charge on any atom is -0.492 e. The molecule has 0 radical (unpaired) electrons. The van der Waals surface area contributed by atoms with Crippen LogP contribution in [0, 0.1) is 0 Å². The lowest BCUT2D eigenvalue weighted by Crippen LogP contribution is -2.14. The van der Waals surface area contributed by atoms with Crippen molar-refractivity contribution in [3.8, 4) is 5.75 Å². The second-order valence-electron chi connectivity index (χ2n) is 6.07. The van der Waals surface area contributed by atoms with Crippen molar-refractivity contribution < 1.29 is 14.3 Å². The number of aromatic nitrogens is 2. The highest BCUT2D eigenvalue weighted by atomic mass is 16.5. The lowest BCUT2D eigenvalue weighted by atomic mass is 10.2. The van der Waals surface area contributed by atoms with Gasteiger partial charge in [-0.2, -0.15) is 0 Å². The number of rotatable bonds is 7. The molecule has 1 aromatic heterocycles. The summed E-state index contributed by atoms with van der Waals surface area (Å²) in [5.41, 5.74) is 2.26.